The molecule has 1 saturated heterocycles. The van der Waals surface area contributed by atoms with Crippen LogP contribution in [0.5, 0.6) is 0 Å². The van der Waals surface area contributed by atoms with E-state index in [2.05, 4.69) is 0 Å². The van der Waals surface area contributed by atoms with Gasteiger partial charge >= 0.3 is 0 Å². The molecule has 0 amide bonds. The molecule has 4 atom stereocenters. The maximum absolute atomic E-state index is 11.4. The van der Waals surface area contributed by atoms with Crippen LogP contribution in [0.2, 0.25) is 0 Å². The van der Waals surface area contributed by atoms with E-state index in [0.717, 1.165) is 0 Å². The van der Waals surface area contributed by atoms with Gasteiger partial charge in [0.15, 0.2) is 5.78 Å². The van der Waals surface area contributed by atoms with Crippen LogP contribution in [0.3, 0.4) is 0 Å². The first-order valence-electron chi connectivity index (χ1n) is 6.05. The molecular formula is C12H18O6. The number of hydrogen-bond acceptors (Lipinski definition) is 6. The lowest BCUT2D eigenvalue weighted by molar-refractivity contribution is -0.234. The second-order valence-electron chi connectivity index (χ2n) is 4.83. The summed E-state index contributed by atoms with van der Waals surface area (Å²) in [6.07, 6.45) is -1.04. The predicted octanol–water partition coefficient (Wildman–Crippen LogP) is -1.49. The summed E-state index contributed by atoms with van der Waals surface area (Å²) in [4.78, 5) is 11.4. The summed E-state index contributed by atoms with van der Waals surface area (Å²) in [5.74, 6) is -0.131. The Hall–Kier alpha value is -0.790. The quantitative estimate of drug-likeness (QED) is 0.481. The lowest BCUT2D eigenvalue weighted by Gasteiger charge is -2.46. The van der Waals surface area contributed by atoms with Crippen molar-refractivity contribution in [2.75, 3.05) is 13.2 Å². The zero-order chi connectivity index (χ0) is 13.3. The fraction of sp³-hybridized carbons (Fsp3) is 0.750. The second-order valence-corrected chi connectivity index (χ2v) is 4.83. The van der Waals surface area contributed by atoms with Gasteiger partial charge in [-0.3, -0.25) is 4.79 Å². The van der Waals surface area contributed by atoms with Gasteiger partial charge in [0, 0.05) is 6.42 Å². The van der Waals surface area contributed by atoms with E-state index in [-0.39, 0.29) is 12.4 Å². The van der Waals surface area contributed by atoms with Gasteiger partial charge in [0.1, 0.15) is 23.9 Å². The van der Waals surface area contributed by atoms with Gasteiger partial charge in [-0.25, -0.2) is 0 Å². The van der Waals surface area contributed by atoms with Crippen molar-refractivity contribution in [3.63, 3.8) is 0 Å². The minimum Gasteiger partial charge on any atom is -0.394 e. The maximum Gasteiger partial charge on any atom is 0.155 e. The van der Waals surface area contributed by atoms with Crippen LogP contribution in [0.1, 0.15) is 19.3 Å². The Bertz CT molecular complexity index is 362. The smallest absolute Gasteiger partial charge is 0.155 e. The minimum atomic E-state index is -1.90. The second kappa shape index (κ2) is 5.07. The van der Waals surface area contributed by atoms with Crippen molar-refractivity contribution in [2.45, 2.75) is 43.2 Å². The van der Waals surface area contributed by atoms with Crippen molar-refractivity contribution >= 4 is 5.78 Å². The third kappa shape index (κ3) is 2.10. The highest BCUT2D eigenvalue weighted by Crippen LogP contribution is 2.37. The summed E-state index contributed by atoms with van der Waals surface area (Å²) in [6.45, 7) is -0.651. The van der Waals surface area contributed by atoms with Crippen molar-refractivity contribution in [1.29, 1.82) is 0 Å². The Kier molecular flexibility index (Phi) is 3.84. The predicted molar refractivity (Wildman–Crippen MR) is 60.7 cm³/mol. The van der Waals surface area contributed by atoms with Gasteiger partial charge in [0.2, 0.25) is 0 Å². The molecule has 0 aromatic carbocycles. The van der Waals surface area contributed by atoms with E-state index in [4.69, 9.17) is 4.74 Å². The average Bonchev–Trinajstić information content (AvgIpc) is 2.36. The fourth-order valence-corrected chi connectivity index (χ4v) is 2.61. The Morgan fingerprint density at radius 3 is 2.72 bits per heavy atom. The van der Waals surface area contributed by atoms with E-state index >= 15 is 0 Å². The zero-order valence-electron chi connectivity index (χ0n) is 9.95. The standard InChI is InChI=1S/C12H18O6/c13-5-10-12(17,11(16)9(15)6-18-10)7-2-1-3-8(14)4-7/h4,9-11,13,15-17H,1-3,5-6H2/t9-,10+,11+,12+/m0/s1. The average molecular weight is 258 g/mol. The van der Waals surface area contributed by atoms with Crippen LogP contribution in [0, 0.1) is 0 Å². The number of allylic oxidation sites excluding steroid dienone is 1. The summed E-state index contributed by atoms with van der Waals surface area (Å²) >= 11 is 0. The lowest BCUT2D eigenvalue weighted by atomic mass is 9.75. The third-order valence-electron chi connectivity index (χ3n) is 3.66. The highest BCUT2D eigenvalue weighted by molar-refractivity contribution is 5.91. The topological polar surface area (TPSA) is 107 Å². The van der Waals surface area contributed by atoms with Gasteiger partial charge < -0.3 is 25.2 Å². The minimum absolute atomic E-state index is 0.131. The summed E-state index contributed by atoms with van der Waals surface area (Å²) in [7, 11) is 0. The molecule has 1 heterocycles. The van der Waals surface area contributed by atoms with E-state index in [0.29, 0.717) is 24.8 Å². The number of ketones is 1. The zero-order valence-corrected chi connectivity index (χ0v) is 9.95. The van der Waals surface area contributed by atoms with E-state index in [1.165, 1.54) is 6.08 Å². The molecule has 0 bridgehead atoms. The molecule has 0 aromatic heterocycles. The third-order valence-corrected chi connectivity index (χ3v) is 3.66. The molecule has 2 aliphatic rings. The van der Waals surface area contributed by atoms with Crippen molar-refractivity contribution in [1.82, 2.24) is 0 Å². The van der Waals surface area contributed by atoms with Crippen molar-refractivity contribution in [3.05, 3.63) is 11.6 Å². The van der Waals surface area contributed by atoms with Gasteiger partial charge in [-0.1, -0.05) is 0 Å². The summed E-state index contributed by atoms with van der Waals surface area (Å²) < 4.78 is 5.15. The van der Waals surface area contributed by atoms with Crippen LogP contribution >= 0.6 is 0 Å². The van der Waals surface area contributed by atoms with Gasteiger partial charge in [0.05, 0.1) is 13.2 Å². The van der Waals surface area contributed by atoms with Gasteiger partial charge in [0.25, 0.3) is 0 Å². The Morgan fingerprint density at radius 2 is 2.11 bits per heavy atom. The van der Waals surface area contributed by atoms with Crippen LogP contribution in [0.25, 0.3) is 0 Å². The molecule has 0 radical (unpaired) electrons. The molecular weight excluding hydrogens is 240 g/mol. The Balaban J connectivity index is 2.36. The number of aliphatic hydroxyl groups excluding tert-OH is 3. The van der Waals surface area contributed by atoms with Crippen LogP contribution < -0.4 is 0 Å². The van der Waals surface area contributed by atoms with Crippen LogP contribution in [-0.4, -0.2) is 63.3 Å². The van der Waals surface area contributed by atoms with E-state index in [1.807, 2.05) is 0 Å². The van der Waals surface area contributed by atoms with Gasteiger partial charge in [-0.2, -0.15) is 0 Å². The first-order chi connectivity index (χ1) is 8.50. The highest BCUT2D eigenvalue weighted by atomic mass is 16.5. The molecule has 1 aliphatic carbocycles. The van der Waals surface area contributed by atoms with Crippen molar-refractivity contribution in [2.24, 2.45) is 0 Å². The Labute approximate surface area is 105 Å². The summed E-state index contributed by atoms with van der Waals surface area (Å²) in [6, 6.07) is 0. The monoisotopic (exact) mass is 258 g/mol. The van der Waals surface area contributed by atoms with E-state index < -0.39 is 30.5 Å². The summed E-state index contributed by atoms with van der Waals surface area (Å²) in [5.41, 5.74) is -1.58. The Morgan fingerprint density at radius 1 is 1.39 bits per heavy atom. The molecule has 18 heavy (non-hydrogen) atoms. The highest BCUT2D eigenvalue weighted by Gasteiger charge is 2.53. The van der Waals surface area contributed by atoms with Crippen molar-refractivity contribution < 1.29 is 30.0 Å². The first-order valence-corrected chi connectivity index (χ1v) is 6.05. The molecule has 2 rings (SSSR count). The van der Waals surface area contributed by atoms with Crippen LogP contribution in [0.15, 0.2) is 11.6 Å². The lowest BCUT2D eigenvalue weighted by Crippen LogP contribution is -2.65. The van der Waals surface area contributed by atoms with Crippen molar-refractivity contribution in [3.8, 4) is 0 Å². The number of carbonyl (C=O) groups excluding carboxylic acids is 1. The molecule has 1 fully saturated rings. The number of aliphatic hydroxyl groups is 4. The molecule has 6 nitrogen and oxygen atoms in total. The van der Waals surface area contributed by atoms with Gasteiger partial charge in [-0.15, -0.1) is 0 Å². The molecule has 4 N–H and O–H groups in total. The molecule has 1 aliphatic heterocycles. The number of ether oxygens (including phenoxy) is 1. The molecule has 0 unspecified atom stereocenters. The first kappa shape index (κ1) is 13.6. The number of carbonyl (C=O) groups is 1. The SMILES string of the molecule is O=C1C=C([C@]2(O)[C@H](O)[C@@H](O)CO[C@@H]2CO)CCC1. The largest absolute Gasteiger partial charge is 0.394 e. The summed E-state index contributed by atoms with van der Waals surface area (Å²) in [5, 5.41) is 39.4. The van der Waals surface area contributed by atoms with Crippen LogP contribution in [-0.2, 0) is 9.53 Å². The van der Waals surface area contributed by atoms with E-state index in [1.54, 1.807) is 0 Å². The maximum atomic E-state index is 11.4. The number of rotatable bonds is 2. The molecule has 102 valence electrons. The molecule has 0 spiro atoms. The van der Waals surface area contributed by atoms with E-state index in [9.17, 15) is 25.2 Å². The molecule has 0 aromatic rings. The number of hydrogen-bond donors (Lipinski definition) is 4. The molecule has 6 heteroatoms. The van der Waals surface area contributed by atoms with Gasteiger partial charge in [-0.05, 0) is 24.5 Å². The van der Waals surface area contributed by atoms with Crippen LogP contribution in [0.4, 0.5) is 0 Å². The molecule has 0 saturated carbocycles. The normalized spacial score (nSPS) is 41.7. The fourth-order valence-electron chi connectivity index (χ4n) is 2.61.